The van der Waals surface area contributed by atoms with E-state index in [0.29, 0.717) is 0 Å². The van der Waals surface area contributed by atoms with E-state index < -0.39 is 0 Å². The number of para-hydroxylation sites is 2. The van der Waals surface area contributed by atoms with Gasteiger partial charge < -0.3 is 9.88 Å². The van der Waals surface area contributed by atoms with Crippen molar-refractivity contribution in [3.8, 4) is 11.4 Å². The van der Waals surface area contributed by atoms with Gasteiger partial charge in [0.1, 0.15) is 5.82 Å². The maximum atomic E-state index is 4.77. The molecule has 0 amide bonds. The normalized spacial score (nSPS) is 10.9. The molecule has 0 aliphatic heterocycles. The number of hydrogen-bond donors (Lipinski definition) is 1. The van der Waals surface area contributed by atoms with Crippen LogP contribution < -0.4 is 5.32 Å². The smallest absolute Gasteiger partial charge is 0.142 e. The van der Waals surface area contributed by atoms with Crippen LogP contribution in [0.15, 0.2) is 42.5 Å². The summed E-state index contributed by atoms with van der Waals surface area (Å²) >= 11 is 0. The number of nitrogens with one attached hydrogen (secondary N) is 1. The molecule has 0 fully saturated rings. The van der Waals surface area contributed by atoms with E-state index in [4.69, 9.17) is 4.98 Å². The number of benzene rings is 2. The molecule has 3 aromatic rings. The minimum Gasteiger partial charge on any atom is -0.388 e. The quantitative estimate of drug-likeness (QED) is 0.754. The van der Waals surface area contributed by atoms with Crippen LogP contribution in [0, 0.1) is 6.92 Å². The zero-order valence-electron chi connectivity index (χ0n) is 11.4. The molecular weight excluding hydrogens is 234 g/mol. The van der Waals surface area contributed by atoms with E-state index >= 15 is 0 Å². The highest BCUT2D eigenvalue weighted by molar-refractivity contribution is 5.86. The van der Waals surface area contributed by atoms with Crippen molar-refractivity contribution in [2.75, 3.05) is 12.4 Å². The van der Waals surface area contributed by atoms with Gasteiger partial charge in [-0.15, -0.1) is 0 Å². The maximum absolute atomic E-state index is 4.77. The Bertz CT molecular complexity index is 741. The van der Waals surface area contributed by atoms with Crippen LogP contribution in [0.3, 0.4) is 0 Å². The Morgan fingerprint density at radius 1 is 1.05 bits per heavy atom. The lowest BCUT2D eigenvalue weighted by molar-refractivity contribution is 0.955. The minimum absolute atomic E-state index is 0.995. The SMILES string of the molecule is CNc1ccccc1-c1nc2cccc(C)c2n1C. The predicted molar refractivity (Wildman–Crippen MR) is 80.4 cm³/mol. The minimum atomic E-state index is 0.995. The number of aromatic nitrogens is 2. The number of aryl methyl sites for hydroxylation is 2. The molecule has 0 spiro atoms. The molecule has 3 nitrogen and oxygen atoms in total. The molecule has 1 N–H and O–H groups in total. The third kappa shape index (κ3) is 1.78. The summed E-state index contributed by atoms with van der Waals surface area (Å²) in [5.41, 5.74) is 5.72. The van der Waals surface area contributed by atoms with Gasteiger partial charge >= 0.3 is 0 Å². The Hall–Kier alpha value is -2.29. The van der Waals surface area contributed by atoms with Gasteiger partial charge in [0.2, 0.25) is 0 Å². The molecule has 1 aromatic heterocycles. The first-order chi connectivity index (χ1) is 9.22. The summed E-state index contributed by atoms with van der Waals surface area (Å²) in [6.07, 6.45) is 0. The lowest BCUT2D eigenvalue weighted by Crippen LogP contribution is -1.97. The number of fused-ring (bicyclic) bond motifs is 1. The molecule has 3 rings (SSSR count). The Kier molecular flexibility index (Phi) is 2.75. The average molecular weight is 251 g/mol. The molecule has 0 saturated heterocycles. The van der Waals surface area contributed by atoms with Gasteiger partial charge in [-0.25, -0.2) is 4.98 Å². The van der Waals surface area contributed by atoms with Crippen molar-refractivity contribution in [1.29, 1.82) is 0 Å². The van der Waals surface area contributed by atoms with Crippen molar-refractivity contribution in [2.24, 2.45) is 7.05 Å². The van der Waals surface area contributed by atoms with Gasteiger partial charge in [0, 0.05) is 25.3 Å². The molecule has 2 aromatic carbocycles. The third-order valence-corrected chi connectivity index (χ3v) is 3.53. The molecular formula is C16H17N3. The Labute approximate surface area is 112 Å². The molecule has 0 unspecified atom stereocenters. The van der Waals surface area contributed by atoms with E-state index in [2.05, 4.69) is 54.2 Å². The highest BCUT2D eigenvalue weighted by Crippen LogP contribution is 2.30. The maximum Gasteiger partial charge on any atom is 0.142 e. The van der Waals surface area contributed by atoms with Crippen molar-refractivity contribution in [1.82, 2.24) is 9.55 Å². The van der Waals surface area contributed by atoms with Crippen molar-refractivity contribution < 1.29 is 0 Å². The molecule has 0 aliphatic carbocycles. The molecule has 0 bridgehead atoms. The van der Waals surface area contributed by atoms with Crippen molar-refractivity contribution in [2.45, 2.75) is 6.92 Å². The first kappa shape index (κ1) is 11.8. The molecule has 19 heavy (non-hydrogen) atoms. The van der Waals surface area contributed by atoms with Crippen LogP contribution in [0.25, 0.3) is 22.4 Å². The largest absolute Gasteiger partial charge is 0.388 e. The van der Waals surface area contributed by atoms with Crippen molar-refractivity contribution in [3.63, 3.8) is 0 Å². The fraction of sp³-hybridized carbons (Fsp3) is 0.188. The summed E-state index contributed by atoms with van der Waals surface area (Å²) in [5.74, 6) is 0.995. The molecule has 96 valence electrons. The molecule has 0 atom stereocenters. The van der Waals surface area contributed by atoms with Gasteiger partial charge in [-0.2, -0.15) is 0 Å². The first-order valence-electron chi connectivity index (χ1n) is 6.41. The van der Waals surface area contributed by atoms with Crippen LogP contribution in [0.2, 0.25) is 0 Å². The van der Waals surface area contributed by atoms with E-state index in [1.165, 1.54) is 11.1 Å². The van der Waals surface area contributed by atoms with Crippen LogP contribution >= 0.6 is 0 Å². The molecule has 0 saturated carbocycles. The lowest BCUT2D eigenvalue weighted by atomic mass is 10.1. The summed E-state index contributed by atoms with van der Waals surface area (Å²) in [7, 11) is 4.01. The average Bonchev–Trinajstić information content (AvgIpc) is 2.77. The molecule has 0 aliphatic rings. The van der Waals surface area contributed by atoms with Gasteiger partial charge in [0.05, 0.1) is 11.0 Å². The molecule has 1 heterocycles. The Morgan fingerprint density at radius 2 is 1.84 bits per heavy atom. The van der Waals surface area contributed by atoms with Gasteiger partial charge in [-0.05, 0) is 30.7 Å². The van der Waals surface area contributed by atoms with E-state index in [1.54, 1.807) is 0 Å². The summed E-state index contributed by atoms with van der Waals surface area (Å²) in [4.78, 5) is 4.77. The number of rotatable bonds is 2. The third-order valence-electron chi connectivity index (χ3n) is 3.53. The standard InChI is InChI=1S/C16H17N3/c1-11-7-6-10-14-15(11)19(3)16(18-14)12-8-4-5-9-13(12)17-2/h4-10,17H,1-3H3. The van der Waals surface area contributed by atoms with E-state index in [9.17, 15) is 0 Å². The highest BCUT2D eigenvalue weighted by Gasteiger charge is 2.13. The lowest BCUT2D eigenvalue weighted by Gasteiger charge is -2.09. The van der Waals surface area contributed by atoms with Crippen LogP contribution in [0.5, 0.6) is 0 Å². The van der Waals surface area contributed by atoms with Crippen molar-refractivity contribution in [3.05, 3.63) is 48.0 Å². The van der Waals surface area contributed by atoms with Crippen LogP contribution in [-0.2, 0) is 7.05 Å². The second-order valence-corrected chi connectivity index (χ2v) is 4.73. The zero-order valence-corrected chi connectivity index (χ0v) is 11.4. The van der Waals surface area contributed by atoms with Crippen LogP contribution in [0.1, 0.15) is 5.56 Å². The zero-order chi connectivity index (χ0) is 13.4. The number of imidazole rings is 1. The number of nitrogens with zero attached hydrogens (tertiary/aromatic N) is 2. The summed E-state index contributed by atoms with van der Waals surface area (Å²) in [6, 6.07) is 14.5. The second-order valence-electron chi connectivity index (χ2n) is 4.73. The van der Waals surface area contributed by atoms with Gasteiger partial charge in [0.15, 0.2) is 0 Å². The highest BCUT2D eigenvalue weighted by atomic mass is 15.1. The summed E-state index contributed by atoms with van der Waals surface area (Å²) < 4.78 is 2.17. The fourth-order valence-electron chi connectivity index (χ4n) is 2.60. The van der Waals surface area contributed by atoms with E-state index in [-0.39, 0.29) is 0 Å². The Morgan fingerprint density at radius 3 is 2.58 bits per heavy atom. The van der Waals surface area contributed by atoms with Gasteiger partial charge in [0.25, 0.3) is 0 Å². The fourth-order valence-corrected chi connectivity index (χ4v) is 2.60. The second kappa shape index (κ2) is 4.43. The monoisotopic (exact) mass is 251 g/mol. The molecule has 3 heteroatoms. The van der Waals surface area contributed by atoms with Gasteiger partial charge in [-0.1, -0.05) is 24.3 Å². The van der Waals surface area contributed by atoms with Crippen molar-refractivity contribution >= 4 is 16.7 Å². The number of anilines is 1. The summed E-state index contributed by atoms with van der Waals surface area (Å²) in [6.45, 7) is 2.12. The first-order valence-corrected chi connectivity index (χ1v) is 6.41. The predicted octanol–water partition coefficient (Wildman–Crippen LogP) is 3.59. The topological polar surface area (TPSA) is 29.9 Å². The summed E-state index contributed by atoms with van der Waals surface area (Å²) in [5, 5.41) is 3.23. The number of hydrogen-bond acceptors (Lipinski definition) is 2. The van der Waals surface area contributed by atoms with E-state index in [1.807, 2.05) is 19.2 Å². The van der Waals surface area contributed by atoms with Crippen LogP contribution in [-0.4, -0.2) is 16.6 Å². The van der Waals surface area contributed by atoms with Gasteiger partial charge in [-0.3, -0.25) is 0 Å². The van der Waals surface area contributed by atoms with E-state index in [0.717, 1.165) is 22.6 Å². The molecule has 0 radical (unpaired) electrons. The Balaban J connectivity index is 2.32. The van der Waals surface area contributed by atoms with Crippen LogP contribution in [0.4, 0.5) is 5.69 Å².